The van der Waals surface area contributed by atoms with E-state index in [0.717, 1.165) is 41.8 Å². The minimum atomic E-state index is 0.880. The van der Waals surface area contributed by atoms with E-state index in [1.54, 1.807) is 0 Å². The molecule has 0 amide bonds. The number of fused-ring (bicyclic) bond motifs is 3. The first-order chi connectivity index (χ1) is 9.66. The van der Waals surface area contributed by atoms with Crippen molar-refractivity contribution in [2.45, 2.75) is 70.5 Å². The summed E-state index contributed by atoms with van der Waals surface area (Å²) in [4.78, 5) is 5.67. The van der Waals surface area contributed by atoms with Crippen LogP contribution >= 0.6 is 0 Å². The molecule has 2 heterocycles. The Hall–Kier alpha value is -0.0800. The Bertz CT molecular complexity index is 366. The average molecular weight is 276 g/mol. The third-order valence-electron chi connectivity index (χ3n) is 7.35. The van der Waals surface area contributed by atoms with Crippen LogP contribution in [0.5, 0.6) is 0 Å². The second kappa shape index (κ2) is 4.98. The Labute approximate surface area is 124 Å². The zero-order valence-corrected chi connectivity index (χ0v) is 13.6. The smallest absolute Gasteiger partial charge is 0.0286 e. The Morgan fingerprint density at radius 2 is 1.75 bits per heavy atom. The standard InChI is InChI=1S/C18H32N2/c1-12(2)13-7-8-16-15(11-13)14-5-4-6-17-18(14)20(16)10-9-19(17)3/h12-18H,4-11H2,1-3H3. The highest BCUT2D eigenvalue weighted by atomic mass is 15.3. The molecule has 4 rings (SSSR count). The predicted molar refractivity (Wildman–Crippen MR) is 83.7 cm³/mol. The van der Waals surface area contributed by atoms with Crippen molar-refractivity contribution in [3.8, 4) is 0 Å². The average Bonchev–Trinajstić information content (AvgIpc) is 2.78. The minimum absolute atomic E-state index is 0.880. The number of hydrogen-bond donors (Lipinski definition) is 0. The summed E-state index contributed by atoms with van der Waals surface area (Å²) in [6.07, 6.45) is 9.00. The van der Waals surface area contributed by atoms with Gasteiger partial charge in [0.05, 0.1) is 0 Å². The molecule has 2 heteroatoms. The molecule has 2 aliphatic carbocycles. The lowest BCUT2D eigenvalue weighted by Gasteiger charge is -2.48. The molecule has 6 atom stereocenters. The lowest BCUT2D eigenvalue weighted by molar-refractivity contribution is 0.00450. The molecule has 0 bridgehead atoms. The van der Waals surface area contributed by atoms with Crippen molar-refractivity contribution < 1.29 is 0 Å². The van der Waals surface area contributed by atoms with Gasteiger partial charge >= 0.3 is 0 Å². The van der Waals surface area contributed by atoms with Gasteiger partial charge in [-0.1, -0.05) is 20.3 Å². The number of likely N-dealkylation sites (N-methyl/N-ethyl adjacent to an activating group) is 1. The molecule has 2 saturated heterocycles. The van der Waals surface area contributed by atoms with Gasteiger partial charge in [-0.25, -0.2) is 0 Å². The quantitative estimate of drug-likeness (QED) is 0.725. The van der Waals surface area contributed by atoms with Crippen molar-refractivity contribution in [3.63, 3.8) is 0 Å². The van der Waals surface area contributed by atoms with Crippen molar-refractivity contribution in [2.24, 2.45) is 23.7 Å². The molecule has 0 aromatic rings. The summed E-state index contributed by atoms with van der Waals surface area (Å²) in [5, 5.41) is 0. The number of nitrogens with zero attached hydrogens (tertiary/aromatic N) is 2. The van der Waals surface area contributed by atoms with Crippen molar-refractivity contribution >= 4 is 0 Å². The molecule has 0 aromatic carbocycles. The molecule has 0 aromatic heterocycles. The maximum atomic E-state index is 2.98. The summed E-state index contributed by atoms with van der Waals surface area (Å²) in [6.45, 7) is 7.56. The maximum Gasteiger partial charge on any atom is 0.0286 e. The van der Waals surface area contributed by atoms with Crippen LogP contribution in [0.25, 0.3) is 0 Å². The van der Waals surface area contributed by atoms with E-state index < -0.39 is 0 Å². The summed E-state index contributed by atoms with van der Waals surface area (Å²) in [5.41, 5.74) is 0. The topological polar surface area (TPSA) is 6.48 Å². The number of rotatable bonds is 1. The van der Waals surface area contributed by atoms with E-state index in [-0.39, 0.29) is 0 Å². The molecule has 0 radical (unpaired) electrons. The highest BCUT2D eigenvalue weighted by Crippen LogP contribution is 2.52. The first kappa shape index (κ1) is 13.6. The fourth-order valence-electron chi connectivity index (χ4n) is 6.28. The highest BCUT2D eigenvalue weighted by molar-refractivity contribution is 5.10. The van der Waals surface area contributed by atoms with Crippen LogP contribution in [0.1, 0.15) is 52.4 Å². The normalized spacial score (nSPS) is 49.2. The van der Waals surface area contributed by atoms with Crippen LogP contribution in [0.2, 0.25) is 0 Å². The Balaban J connectivity index is 1.60. The first-order valence-electron chi connectivity index (χ1n) is 9.13. The van der Waals surface area contributed by atoms with E-state index in [9.17, 15) is 0 Å². The summed E-state index contributed by atoms with van der Waals surface area (Å²) >= 11 is 0. The minimum Gasteiger partial charge on any atom is -0.301 e. The van der Waals surface area contributed by atoms with Gasteiger partial charge in [-0.2, -0.15) is 0 Å². The monoisotopic (exact) mass is 276 g/mol. The van der Waals surface area contributed by atoms with Gasteiger partial charge in [-0.3, -0.25) is 4.90 Å². The number of hydrogen-bond acceptors (Lipinski definition) is 2. The van der Waals surface area contributed by atoms with E-state index in [4.69, 9.17) is 0 Å². The van der Waals surface area contributed by atoms with E-state index in [1.165, 1.54) is 51.6 Å². The molecule has 4 aliphatic rings. The number of piperazine rings is 1. The van der Waals surface area contributed by atoms with Gasteiger partial charge in [0.1, 0.15) is 0 Å². The fourth-order valence-corrected chi connectivity index (χ4v) is 6.28. The zero-order valence-electron chi connectivity index (χ0n) is 13.6. The van der Waals surface area contributed by atoms with Crippen LogP contribution in [0.4, 0.5) is 0 Å². The Morgan fingerprint density at radius 3 is 2.55 bits per heavy atom. The van der Waals surface area contributed by atoms with Crippen LogP contribution < -0.4 is 0 Å². The molecule has 0 N–H and O–H groups in total. The maximum absolute atomic E-state index is 2.98. The molecule has 6 unspecified atom stereocenters. The third kappa shape index (κ3) is 1.90. The van der Waals surface area contributed by atoms with E-state index >= 15 is 0 Å². The van der Waals surface area contributed by atoms with Crippen LogP contribution in [-0.4, -0.2) is 48.1 Å². The fraction of sp³-hybridized carbons (Fsp3) is 1.00. The second-order valence-corrected chi connectivity index (χ2v) is 8.42. The largest absolute Gasteiger partial charge is 0.301 e. The van der Waals surface area contributed by atoms with Crippen molar-refractivity contribution in [2.75, 3.05) is 20.1 Å². The predicted octanol–water partition coefficient (Wildman–Crippen LogP) is 3.23. The molecule has 0 spiro atoms. The zero-order chi connectivity index (χ0) is 13.9. The van der Waals surface area contributed by atoms with Gasteiger partial charge in [-0.15, -0.1) is 0 Å². The third-order valence-corrected chi connectivity index (χ3v) is 7.35. The lowest BCUT2D eigenvalue weighted by Crippen LogP contribution is -2.60. The molecule has 2 aliphatic heterocycles. The summed E-state index contributed by atoms with van der Waals surface area (Å²) in [6, 6.07) is 2.75. The van der Waals surface area contributed by atoms with E-state index in [0.29, 0.717) is 0 Å². The van der Waals surface area contributed by atoms with Crippen LogP contribution in [0, 0.1) is 23.7 Å². The van der Waals surface area contributed by atoms with Gasteiger partial charge in [-0.05, 0) is 62.8 Å². The highest BCUT2D eigenvalue weighted by Gasteiger charge is 2.55. The van der Waals surface area contributed by atoms with Crippen molar-refractivity contribution in [1.29, 1.82) is 0 Å². The van der Waals surface area contributed by atoms with Gasteiger partial charge in [0, 0.05) is 31.2 Å². The van der Waals surface area contributed by atoms with Crippen molar-refractivity contribution in [3.05, 3.63) is 0 Å². The van der Waals surface area contributed by atoms with E-state index in [1.807, 2.05) is 0 Å². The van der Waals surface area contributed by atoms with Gasteiger partial charge < -0.3 is 4.90 Å². The molecule has 2 saturated carbocycles. The SMILES string of the molecule is CC(C)C1CCC2C(C1)C1CCCC3C1N2CCN3C. The Kier molecular flexibility index (Phi) is 3.38. The summed E-state index contributed by atoms with van der Waals surface area (Å²) < 4.78 is 0. The first-order valence-corrected chi connectivity index (χ1v) is 9.13. The molecule has 114 valence electrons. The van der Waals surface area contributed by atoms with Gasteiger partial charge in [0.25, 0.3) is 0 Å². The van der Waals surface area contributed by atoms with Gasteiger partial charge in [0.15, 0.2) is 0 Å². The molecular formula is C18H32N2. The lowest BCUT2D eigenvalue weighted by atomic mass is 9.67. The molecule has 20 heavy (non-hydrogen) atoms. The molecule has 2 nitrogen and oxygen atoms in total. The molecule has 4 fully saturated rings. The second-order valence-electron chi connectivity index (χ2n) is 8.42. The Morgan fingerprint density at radius 1 is 0.900 bits per heavy atom. The van der Waals surface area contributed by atoms with Gasteiger partial charge in [0.2, 0.25) is 0 Å². The summed E-state index contributed by atoms with van der Waals surface area (Å²) in [7, 11) is 2.38. The van der Waals surface area contributed by atoms with Crippen molar-refractivity contribution in [1.82, 2.24) is 9.80 Å². The summed E-state index contributed by atoms with van der Waals surface area (Å²) in [5.74, 6) is 3.98. The van der Waals surface area contributed by atoms with Crippen LogP contribution in [-0.2, 0) is 0 Å². The van der Waals surface area contributed by atoms with Crippen LogP contribution in [0.15, 0.2) is 0 Å². The molecular weight excluding hydrogens is 244 g/mol. The van der Waals surface area contributed by atoms with E-state index in [2.05, 4.69) is 30.7 Å². The van der Waals surface area contributed by atoms with Crippen LogP contribution in [0.3, 0.4) is 0 Å².